The third-order valence-corrected chi connectivity index (χ3v) is 4.04. The van der Waals surface area contributed by atoms with Gasteiger partial charge in [0.05, 0.1) is 18.9 Å². The van der Waals surface area contributed by atoms with E-state index in [9.17, 15) is 9.18 Å². The maximum absolute atomic E-state index is 14.3. The van der Waals surface area contributed by atoms with Crippen LogP contribution < -0.4 is 19.5 Å². The molecule has 1 amide bonds. The third-order valence-electron chi connectivity index (χ3n) is 4.04. The van der Waals surface area contributed by atoms with Gasteiger partial charge in [-0.2, -0.15) is 0 Å². The molecule has 4 rings (SSSR count). The fraction of sp³-hybridized carbons (Fsp3) is 0.158. The minimum Gasteiger partial charge on any atom is -0.497 e. The number of fused-ring (bicyclic) bond motifs is 1. The van der Waals surface area contributed by atoms with Crippen molar-refractivity contribution in [1.29, 1.82) is 0 Å². The fourth-order valence-electron chi connectivity index (χ4n) is 2.67. The Morgan fingerprint density at radius 3 is 2.89 bits per heavy atom. The van der Waals surface area contributed by atoms with Gasteiger partial charge in [-0.25, -0.2) is 9.37 Å². The lowest BCUT2D eigenvalue weighted by Gasteiger charge is -2.26. The zero-order chi connectivity index (χ0) is 18.8. The lowest BCUT2D eigenvalue weighted by molar-refractivity contribution is -0.125. The summed E-state index contributed by atoms with van der Waals surface area (Å²) < 4.78 is 35.7. The number of benzene rings is 2. The molecule has 0 saturated heterocycles. The number of carbonyl (C=O) groups excluding carboxylic acids is 1. The van der Waals surface area contributed by atoms with Crippen molar-refractivity contribution in [3.8, 4) is 28.6 Å². The third kappa shape index (κ3) is 3.41. The van der Waals surface area contributed by atoms with Gasteiger partial charge in [-0.3, -0.25) is 4.79 Å². The largest absolute Gasteiger partial charge is 0.497 e. The second kappa shape index (κ2) is 6.99. The minimum atomic E-state index is -0.874. The van der Waals surface area contributed by atoms with Gasteiger partial charge >= 0.3 is 0 Å². The maximum atomic E-state index is 14.3. The first kappa shape index (κ1) is 16.9. The van der Waals surface area contributed by atoms with Crippen molar-refractivity contribution in [2.45, 2.75) is 6.10 Å². The number of hydrogen-bond donors (Lipinski definition) is 1. The molecule has 0 aliphatic carbocycles. The number of oxazole rings is 1. The Balaban J connectivity index is 1.47. The van der Waals surface area contributed by atoms with Gasteiger partial charge in [0.1, 0.15) is 18.2 Å². The van der Waals surface area contributed by atoms with Gasteiger partial charge in [-0.1, -0.05) is 0 Å². The lowest BCUT2D eigenvalue weighted by atomic mass is 10.1. The van der Waals surface area contributed by atoms with E-state index in [4.69, 9.17) is 18.6 Å². The van der Waals surface area contributed by atoms with Crippen LogP contribution in [0.15, 0.2) is 53.4 Å². The summed E-state index contributed by atoms with van der Waals surface area (Å²) in [6.45, 7) is 0.0454. The van der Waals surface area contributed by atoms with Gasteiger partial charge < -0.3 is 23.9 Å². The summed E-state index contributed by atoms with van der Waals surface area (Å²) in [5.41, 5.74) is 0.546. The highest BCUT2D eigenvalue weighted by Crippen LogP contribution is 2.35. The van der Waals surface area contributed by atoms with Crippen LogP contribution in [-0.2, 0) is 4.79 Å². The van der Waals surface area contributed by atoms with Gasteiger partial charge in [0.25, 0.3) is 5.91 Å². The number of hydrogen-bond acceptors (Lipinski definition) is 6. The molecule has 138 valence electrons. The van der Waals surface area contributed by atoms with Gasteiger partial charge in [-0.15, -0.1) is 0 Å². The number of nitrogens with one attached hydrogen (secondary N) is 1. The normalized spacial score (nSPS) is 15.3. The standard InChI is InChI=1S/C19H15FN2O5/c1-24-12-3-5-15-16(7-12)27-18(9-25-15)19(23)22-11-2-4-13(14(20)6-11)17-8-21-10-26-17/h2-8,10,18H,9H2,1H3,(H,22,23). The smallest absolute Gasteiger partial charge is 0.269 e. The molecule has 0 radical (unpaired) electrons. The van der Waals surface area contributed by atoms with Crippen LogP contribution in [-0.4, -0.2) is 30.7 Å². The van der Waals surface area contributed by atoms with Crippen LogP contribution >= 0.6 is 0 Å². The summed E-state index contributed by atoms with van der Waals surface area (Å²) in [6.07, 6.45) is 1.76. The van der Waals surface area contributed by atoms with Crippen LogP contribution in [0.5, 0.6) is 17.2 Å². The van der Waals surface area contributed by atoms with Gasteiger partial charge in [0.2, 0.25) is 6.10 Å². The number of methoxy groups -OCH3 is 1. The highest BCUT2D eigenvalue weighted by molar-refractivity contribution is 5.95. The van der Waals surface area contributed by atoms with Crippen LogP contribution in [0.1, 0.15) is 0 Å². The summed E-state index contributed by atoms with van der Waals surface area (Å²) >= 11 is 0. The molecule has 0 spiro atoms. The Morgan fingerprint density at radius 1 is 1.26 bits per heavy atom. The van der Waals surface area contributed by atoms with Crippen molar-refractivity contribution in [3.63, 3.8) is 0 Å². The molecular weight excluding hydrogens is 355 g/mol. The highest BCUT2D eigenvalue weighted by atomic mass is 19.1. The minimum absolute atomic E-state index is 0.0454. The first-order valence-corrected chi connectivity index (χ1v) is 8.11. The Hall–Kier alpha value is -3.55. The molecule has 1 aliphatic heterocycles. The molecule has 0 bridgehead atoms. The highest BCUT2D eigenvalue weighted by Gasteiger charge is 2.28. The van der Waals surface area contributed by atoms with Crippen LogP contribution in [0.4, 0.5) is 10.1 Å². The topological polar surface area (TPSA) is 82.8 Å². The molecule has 1 aromatic heterocycles. The zero-order valence-corrected chi connectivity index (χ0v) is 14.3. The molecule has 0 saturated carbocycles. The first-order chi connectivity index (χ1) is 13.1. The number of nitrogens with zero attached hydrogens (tertiary/aromatic N) is 1. The van der Waals surface area contributed by atoms with Crippen molar-refractivity contribution in [3.05, 3.63) is 54.8 Å². The summed E-state index contributed by atoms with van der Waals surface area (Å²) in [5.74, 6) is 0.842. The number of rotatable bonds is 4. The number of halogens is 1. The van der Waals surface area contributed by atoms with Crippen LogP contribution in [0.25, 0.3) is 11.3 Å². The van der Waals surface area contributed by atoms with Crippen molar-refractivity contribution in [2.24, 2.45) is 0 Å². The van der Waals surface area contributed by atoms with E-state index in [1.807, 2.05) is 0 Å². The lowest BCUT2D eigenvalue weighted by Crippen LogP contribution is -2.40. The predicted octanol–water partition coefficient (Wildman–Crippen LogP) is 3.27. The van der Waals surface area contributed by atoms with Crippen molar-refractivity contribution in [1.82, 2.24) is 4.98 Å². The second-order valence-electron chi connectivity index (χ2n) is 5.78. The molecule has 1 unspecified atom stereocenters. The maximum Gasteiger partial charge on any atom is 0.269 e. The summed E-state index contributed by atoms with van der Waals surface area (Å²) in [7, 11) is 1.53. The van der Waals surface area contributed by atoms with Crippen LogP contribution in [0.2, 0.25) is 0 Å². The van der Waals surface area contributed by atoms with E-state index in [2.05, 4.69) is 10.3 Å². The number of ether oxygens (including phenoxy) is 3. The molecule has 0 fully saturated rings. The van der Waals surface area contributed by atoms with E-state index < -0.39 is 17.8 Å². The fourth-order valence-corrected chi connectivity index (χ4v) is 2.67. The first-order valence-electron chi connectivity index (χ1n) is 8.11. The van der Waals surface area contributed by atoms with E-state index in [-0.39, 0.29) is 12.2 Å². The van der Waals surface area contributed by atoms with E-state index in [0.717, 1.165) is 0 Å². The quantitative estimate of drug-likeness (QED) is 0.759. The second-order valence-corrected chi connectivity index (χ2v) is 5.78. The molecule has 27 heavy (non-hydrogen) atoms. The SMILES string of the molecule is COc1ccc2c(c1)OC(C(=O)Nc1ccc(-c3cnco3)c(F)c1)CO2. The van der Waals surface area contributed by atoms with Crippen molar-refractivity contribution in [2.75, 3.05) is 19.0 Å². The van der Waals surface area contributed by atoms with Gasteiger partial charge in [0.15, 0.2) is 23.7 Å². The number of aromatic nitrogens is 1. The van der Waals surface area contributed by atoms with Crippen LogP contribution in [0.3, 0.4) is 0 Å². The molecule has 7 nitrogen and oxygen atoms in total. The van der Waals surface area contributed by atoms with Gasteiger partial charge in [-0.05, 0) is 30.3 Å². The Bertz CT molecular complexity index is 974. The Labute approximate surface area is 153 Å². The van der Waals surface area contributed by atoms with E-state index in [0.29, 0.717) is 28.7 Å². The Morgan fingerprint density at radius 2 is 2.15 bits per heavy atom. The molecule has 1 aliphatic rings. The molecule has 2 heterocycles. The monoisotopic (exact) mass is 370 g/mol. The average molecular weight is 370 g/mol. The summed E-state index contributed by atoms with van der Waals surface area (Å²) in [4.78, 5) is 16.2. The molecule has 2 aromatic carbocycles. The molecule has 8 heteroatoms. The molecule has 1 N–H and O–H groups in total. The molecule has 3 aromatic rings. The number of anilines is 1. The average Bonchev–Trinajstić information content (AvgIpc) is 3.21. The van der Waals surface area contributed by atoms with Crippen molar-refractivity contribution < 1.29 is 27.8 Å². The Kier molecular flexibility index (Phi) is 4.37. The predicted molar refractivity (Wildman–Crippen MR) is 93.4 cm³/mol. The molecular formula is C19H15FN2O5. The van der Waals surface area contributed by atoms with E-state index in [1.165, 1.54) is 31.8 Å². The van der Waals surface area contributed by atoms with Crippen molar-refractivity contribution >= 4 is 11.6 Å². The van der Waals surface area contributed by atoms with Crippen LogP contribution in [0, 0.1) is 5.82 Å². The number of amides is 1. The summed E-state index contributed by atoms with van der Waals surface area (Å²) in [6, 6.07) is 9.36. The number of carbonyl (C=O) groups is 1. The van der Waals surface area contributed by atoms with E-state index in [1.54, 1.807) is 24.3 Å². The van der Waals surface area contributed by atoms with Gasteiger partial charge in [0, 0.05) is 11.8 Å². The van der Waals surface area contributed by atoms with E-state index >= 15 is 0 Å². The molecule has 1 atom stereocenters. The zero-order valence-electron chi connectivity index (χ0n) is 14.3. The summed E-state index contributed by atoms with van der Waals surface area (Å²) in [5, 5.41) is 2.62.